The first kappa shape index (κ1) is 17.7. The fourth-order valence-electron chi connectivity index (χ4n) is 0.788. The van der Waals surface area contributed by atoms with Crippen LogP contribution in [0.3, 0.4) is 0 Å². The Morgan fingerprint density at radius 2 is 1.65 bits per heavy atom. The van der Waals surface area contributed by atoms with Gasteiger partial charge < -0.3 is 20.1 Å². The van der Waals surface area contributed by atoms with Crippen molar-refractivity contribution in [2.75, 3.05) is 13.2 Å². The molecule has 1 aliphatic rings. The molecule has 0 amide bonds. The Kier molecular flexibility index (Phi) is 12.9. The van der Waals surface area contributed by atoms with Crippen LogP contribution < -0.4 is 0 Å². The quantitative estimate of drug-likeness (QED) is 0.632. The van der Waals surface area contributed by atoms with Gasteiger partial charge in [0.15, 0.2) is 0 Å². The average Bonchev–Trinajstić information content (AvgIpc) is 2.83. The van der Waals surface area contributed by atoms with Gasteiger partial charge in [0.1, 0.15) is 0 Å². The van der Waals surface area contributed by atoms with Crippen molar-refractivity contribution in [3.8, 4) is 0 Å². The molecular weight excluding hydrogens is 228 g/mol. The molecule has 6 heteroatoms. The number of ether oxygens (including phenoxy) is 1. The summed E-state index contributed by atoms with van der Waals surface area (Å²) < 4.78 is 5.05. The minimum Gasteiger partial charge on any atom is -0.478 e. The summed E-state index contributed by atoms with van der Waals surface area (Å²) >= 11 is 0. The molecule has 0 spiro atoms. The van der Waals surface area contributed by atoms with Crippen molar-refractivity contribution in [2.24, 2.45) is 0 Å². The van der Waals surface area contributed by atoms with Crippen LogP contribution in [-0.2, 0) is 14.3 Å². The first-order valence-corrected chi connectivity index (χ1v) is 4.91. The van der Waals surface area contributed by atoms with Gasteiger partial charge in [-0.3, -0.25) is 0 Å². The first-order chi connectivity index (χ1) is 7.97. The lowest BCUT2D eigenvalue weighted by atomic mass is 10.2. The van der Waals surface area contributed by atoms with E-state index in [2.05, 4.69) is 13.2 Å². The lowest BCUT2D eigenvalue weighted by Crippen LogP contribution is -2.09. The van der Waals surface area contributed by atoms with Gasteiger partial charge in [-0.2, -0.15) is 0 Å². The molecule has 0 aromatic heterocycles. The molecule has 3 N–H and O–H groups in total. The Morgan fingerprint density at radius 1 is 1.24 bits per heavy atom. The summed E-state index contributed by atoms with van der Waals surface area (Å²) in [6.07, 6.45) is 3.97. The van der Waals surface area contributed by atoms with Gasteiger partial charge in [0.2, 0.25) is 0 Å². The van der Waals surface area contributed by atoms with Crippen LogP contribution in [0.25, 0.3) is 0 Å². The number of hydrogen-bond acceptors (Lipinski definition) is 4. The zero-order valence-corrected chi connectivity index (χ0v) is 9.54. The zero-order valence-electron chi connectivity index (χ0n) is 9.54. The first-order valence-electron chi connectivity index (χ1n) is 4.91. The van der Waals surface area contributed by atoms with E-state index in [1.165, 1.54) is 0 Å². The second-order valence-corrected chi connectivity index (χ2v) is 2.90. The Morgan fingerprint density at radius 3 is 1.76 bits per heavy atom. The summed E-state index contributed by atoms with van der Waals surface area (Å²) in [6.45, 7) is 6.95. The molecule has 6 nitrogen and oxygen atoms in total. The van der Waals surface area contributed by atoms with Crippen molar-refractivity contribution in [2.45, 2.75) is 18.9 Å². The molecule has 0 aromatic rings. The number of carboxylic acids is 2. The Balaban J connectivity index is 0. The lowest BCUT2D eigenvalue weighted by molar-refractivity contribution is -0.132. The summed E-state index contributed by atoms with van der Waals surface area (Å²) in [5.41, 5.74) is 0. The van der Waals surface area contributed by atoms with Gasteiger partial charge in [-0.1, -0.05) is 13.2 Å². The van der Waals surface area contributed by atoms with Crippen molar-refractivity contribution in [3.63, 3.8) is 0 Å². The Bertz CT molecular complexity index is 224. The lowest BCUT2D eigenvalue weighted by Gasteiger charge is -2.00. The Hall–Kier alpha value is -1.66. The second kappa shape index (κ2) is 12.4. The maximum absolute atomic E-state index is 9.25. The minimum absolute atomic E-state index is 0.153. The number of aliphatic hydroxyl groups is 1. The minimum atomic E-state index is -0.981. The Labute approximate surface area is 99.8 Å². The van der Waals surface area contributed by atoms with Crippen LogP contribution in [0.2, 0.25) is 0 Å². The summed E-state index contributed by atoms with van der Waals surface area (Å²) in [5.74, 6) is -1.96. The highest BCUT2D eigenvalue weighted by atomic mass is 16.5. The van der Waals surface area contributed by atoms with Gasteiger partial charge in [0.25, 0.3) is 0 Å². The molecule has 1 saturated heterocycles. The summed E-state index contributed by atoms with van der Waals surface area (Å²) in [6, 6.07) is 0. The molecule has 1 aliphatic heterocycles. The maximum Gasteiger partial charge on any atom is 0.327 e. The molecule has 0 bridgehead atoms. The van der Waals surface area contributed by atoms with Crippen LogP contribution in [0.15, 0.2) is 25.3 Å². The molecule has 0 saturated carbocycles. The standard InChI is InChI=1S/C5H10O2.2C3H4O2/c6-4-5-2-1-3-7-5;2*1-2-3(4)5/h5-6H,1-4H2;2*2H,1H2,(H,4,5). The van der Waals surface area contributed by atoms with Crippen LogP contribution in [0.5, 0.6) is 0 Å². The molecular formula is C11H18O6. The number of rotatable bonds is 3. The van der Waals surface area contributed by atoms with E-state index in [1.54, 1.807) is 0 Å². The summed E-state index contributed by atoms with van der Waals surface area (Å²) in [5, 5.41) is 23.6. The zero-order chi connectivity index (χ0) is 13.7. The smallest absolute Gasteiger partial charge is 0.327 e. The third-order valence-corrected chi connectivity index (χ3v) is 1.58. The highest BCUT2D eigenvalue weighted by molar-refractivity contribution is 5.79. The van der Waals surface area contributed by atoms with Crippen LogP contribution in [0, 0.1) is 0 Å². The van der Waals surface area contributed by atoms with E-state index in [1.807, 2.05) is 0 Å². The van der Waals surface area contributed by atoms with E-state index in [-0.39, 0.29) is 12.7 Å². The summed E-state index contributed by atoms with van der Waals surface area (Å²) in [7, 11) is 0. The van der Waals surface area contributed by atoms with Crippen LogP contribution in [0.1, 0.15) is 12.8 Å². The van der Waals surface area contributed by atoms with Crippen LogP contribution in [-0.4, -0.2) is 46.6 Å². The van der Waals surface area contributed by atoms with Crippen LogP contribution in [0.4, 0.5) is 0 Å². The van der Waals surface area contributed by atoms with E-state index >= 15 is 0 Å². The average molecular weight is 246 g/mol. The van der Waals surface area contributed by atoms with E-state index in [4.69, 9.17) is 20.1 Å². The fraction of sp³-hybridized carbons (Fsp3) is 0.455. The molecule has 1 rings (SSSR count). The third-order valence-electron chi connectivity index (χ3n) is 1.58. The van der Waals surface area contributed by atoms with Crippen molar-refractivity contribution in [3.05, 3.63) is 25.3 Å². The van der Waals surface area contributed by atoms with E-state index < -0.39 is 11.9 Å². The normalized spacial score (nSPS) is 16.6. The topological polar surface area (TPSA) is 104 Å². The maximum atomic E-state index is 9.25. The van der Waals surface area contributed by atoms with E-state index in [9.17, 15) is 9.59 Å². The largest absolute Gasteiger partial charge is 0.478 e. The molecule has 1 fully saturated rings. The van der Waals surface area contributed by atoms with Gasteiger partial charge in [-0.25, -0.2) is 9.59 Å². The van der Waals surface area contributed by atoms with Crippen molar-refractivity contribution >= 4 is 11.9 Å². The fourth-order valence-corrected chi connectivity index (χ4v) is 0.788. The van der Waals surface area contributed by atoms with Gasteiger partial charge in [0.05, 0.1) is 12.7 Å². The SMILES string of the molecule is C=CC(=O)O.C=CC(=O)O.OCC1CCCO1. The number of aliphatic hydroxyl groups excluding tert-OH is 1. The van der Waals surface area contributed by atoms with Crippen molar-refractivity contribution < 1.29 is 29.6 Å². The molecule has 1 heterocycles. The number of carboxylic acid groups (broad SMARTS) is 2. The van der Waals surface area contributed by atoms with Gasteiger partial charge in [0, 0.05) is 18.8 Å². The predicted octanol–water partition coefficient (Wildman–Crippen LogP) is 0.672. The number of carbonyl (C=O) groups is 2. The molecule has 1 unspecified atom stereocenters. The van der Waals surface area contributed by atoms with E-state index in [0.29, 0.717) is 0 Å². The van der Waals surface area contributed by atoms with Crippen LogP contribution >= 0.6 is 0 Å². The molecule has 98 valence electrons. The van der Waals surface area contributed by atoms with Gasteiger partial charge in [-0.15, -0.1) is 0 Å². The van der Waals surface area contributed by atoms with E-state index in [0.717, 1.165) is 31.6 Å². The molecule has 1 atom stereocenters. The van der Waals surface area contributed by atoms with Gasteiger partial charge >= 0.3 is 11.9 Å². The second-order valence-electron chi connectivity index (χ2n) is 2.90. The third kappa shape index (κ3) is 17.0. The van der Waals surface area contributed by atoms with Crippen molar-refractivity contribution in [1.29, 1.82) is 0 Å². The molecule has 0 radical (unpaired) electrons. The van der Waals surface area contributed by atoms with Gasteiger partial charge in [-0.05, 0) is 12.8 Å². The summed E-state index contributed by atoms with van der Waals surface area (Å²) in [4.78, 5) is 18.5. The highest BCUT2D eigenvalue weighted by Crippen LogP contribution is 2.09. The molecule has 0 aliphatic carbocycles. The molecule has 0 aromatic carbocycles. The monoisotopic (exact) mass is 246 g/mol. The highest BCUT2D eigenvalue weighted by Gasteiger charge is 2.12. The number of aliphatic carboxylic acids is 2. The van der Waals surface area contributed by atoms with Crippen molar-refractivity contribution in [1.82, 2.24) is 0 Å². The number of hydrogen-bond donors (Lipinski definition) is 3. The molecule has 17 heavy (non-hydrogen) atoms. The predicted molar refractivity (Wildman–Crippen MR) is 61.7 cm³/mol.